The maximum atomic E-state index is 5.30. The number of benzene rings is 2. The van der Waals surface area contributed by atoms with Crippen molar-refractivity contribution in [3.63, 3.8) is 0 Å². The zero-order chi connectivity index (χ0) is 11.5. The summed E-state index contributed by atoms with van der Waals surface area (Å²) in [6.45, 7) is 0. The third kappa shape index (κ3) is 2.07. The molecule has 84 valence electrons. The average Bonchev–Trinajstić information content (AvgIpc) is 2.86. The molecule has 0 spiro atoms. The Balaban J connectivity index is 1.84. The molecule has 17 heavy (non-hydrogen) atoms. The first-order chi connectivity index (χ1) is 8.43. The van der Waals surface area contributed by atoms with E-state index in [4.69, 9.17) is 4.42 Å². The largest absolute Gasteiger partial charge is 0.443 e. The van der Waals surface area contributed by atoms with Gasteiger partial charge in [0, 0.05) is 0 Å². The van der Waals surface area contributed by atoms with Crippen molar-refractivity contribution >= 4 is 11.1 Å². The topological polar surface area (TPSA) is 26.0 Å². The maximum Gasteiger partial charge on any atom is 0.181 e. The Morgan fingerprint density at radius 2 is 1.76 bits per heavy atom. The van der Waals surface area contributed by atoms with Crippen LogP contribution >= 0.6 is 0 Å². The number of aromatic nitrogens is 1. The molecule has 3 rings (SSSR count). The van der Waals surface area contributed by atoms with E-state index in [2.05, 4.69) is 35.3 Å². The molecular weight excluding hydrogens is 210 g/mol. The van der Waals surface area contributed by atoms with E-state index in [9.17, 15) is 0 Å². The minimum Gasteiger partial charge on any atom is -0.443 e. The highest BCUT2D eigenvalue weighted by molar-refractivity contribution is 5.76. The van der Waals surface area contributed by atoms with Gasteiger partial charge in [-0.15, -0.1) is 0 Å². The maximum absolute atomic E-state index is 5.30. The van der Waals surface area contributed by atoms with Gasteiger partial charge in [0.05, 0.1) is 0 Å². The van der Waals surface area contributed by atoms with Crippen LogP contribution in [-0.4, -0.2) is 4.98 Å². The number of oxazole rings is 1. The van der Waals surface area contributed by atoms with Crippen LogP contribution < -0.4 is 0 Å². The van der Waals surface area contributed by atoms with Gasteiger partial charge in [0.25, 0.3) is 0 Å². The van der Waals surface area contributed by atoms with E-state index in [0.717, 1.165) is 23.9 Å². The fraction of sp³-hybridized carbons (Fsp3) is 0.133. The molecular formula is C15H13NO. The fourth-order valence-corrected chi connectivity index (χ4v) is 2.07. The summed E-state index contributed by atoms with van der Waals surface area (Å²) in [5.41, 5.74) is 4.46. The van der Waals surface area contributed by atoms with Crippen LogP contribution in [0.1, 0.15) is 11.1 Å². The summed E-state index contributed by atoms with van der Waals surface area (Å²) in [4.78, 5) is 4.26. The van der Waals surface area contributed by atoms with Crippen LogP contribution in [0.3, 0.4) is 0 Å². The van der Waals surface area contributed by atoms with Crippen molar-refractivity contribution < 1.29 is 4.42 Å². The van der Waals surface area contributed by atoms with Gasteiger partial charge in [-0.1, -0.05) is 42.5 Å². The Bertz CT molecular complexity index is 613. The molecule has 1 aromatic heterocycles. The predicted molar refractivity (Wildman–Crippen MR) is 67.9 cm³/mol. The van der Waals surface area contributed by atoms with E-state index in [1.54, 1.807) is 0 Å². The predicted octanol–water partition coefficient (Wildman–Crippen LogP) is 3.61. The van der Waals surface area contributed by atoms with Gasteiger partial charge >= 0.3 is 0 Å². The molecule has 2 aromatic carbocycles. The first-order valence-electron chi connectivity index (χ1n) is 5.78. The minimum atomic E-state index is 0.871. The lowest BCUT2D eigenvalue weighted by molar-refractivity contribution is 0.602. The van der Waals surface area contributed by atoms with Crippen LogP contribution in [0.25, 0.3) is 11.1 Å². The molecule has 0 fully saturated rings. The number of nitrogens with zero attached hydrogens (tertiary/aromatic N) is 1. The van der Waals surface area contributed by atoms with E-state index in [0.29, 0.717) is 0 Å². The second-order valence-corrected chi connectivity index (χ2v) is 4.10. The highest BCUT2D eigenvalue weighted by Gasteiger charge is 2.04. The molecule has 0 unspecified atom stereocenters. The number of hydrogen-bond donors (Lipinski definition) is 0. The number of hydrogen-bond acceptors (Lipinski definition) is 2. The monoisotopic (exact) mass is 223 g/mol. The lowest BCUT2D eigenvalue weighted by Crippen LogP contribution is -1.92. The van der Waals surface area contributed by atoms with E-state index in [1.807, 2.05) is 18.2 Å². The molecule has 0 aliphatic carbocycles. The van der Waals surface area contributed by atoms with E-state index >= 15 is 0 Å². The van der Waals surface area contributed by atoms with Gasteiger partial charge in [0.2, 0.25) is 0 Å². The third-order valence-corrected chi connectivity index (χ3v) is 2.97. The standard InChI is InChI=1S/C15H13NO/c1-2-5-12(6-3-1)9-10-13-7-4-8-14-15(13)16-11-17-14/h1-8,11H,9-10H2. The Labute approximate surface area is 99.9 Å². The Kier molecular flexibility index (Phi) is 2.62. The van der Waals surface area contributed by atoms with Crippen LogP contribution in [0.2, 0.25) is 0 Å². The molecule has 0 saturated heterocycles. The summed E-state index contributed by atoms with van der Waals surface area (Å²) in [5, 5.41) is 0. The lowest BCUT2D eigenvalue weighted by Gasteiger charge is -2.02. The SMILES string of the molecule is c1ccc(CCc2cccc3ocnc23)cc1. The molecule has 0 saturated carbocycles. The molecule has 2 nitrogen and oxygen atoms in total. The number of para-hydroxylation sites is 1. The van der Waals surface area contributed by atoms with E-state index < -0.39 is 0 Å². The average molecular weight is 223 g/mol. The van der Waals surface area contributed by atoms with Crippen molar-refractivity contribution in [2.75, 3.05) is 0 Å². The van der Waals surface area contributed by atoms with Crippen LogP contribution in [0.4, 0.5) is 0 Å². The van der Waals surface area contributed by atoms with Gasteiger partial charge in [0.1, 0.15) is 5.52 Å². The van der Waals surface area contributed by atoms with Crippen molar-refractivity contribution in [2.45, 2.75) is 12.8 Å². The van der Waals surface area contributed by atoms with Gasteiger partial charge in [-0.25, -0.2) is 4.98 Å². The number of rotatable bonds is 3. The summed E-state index contributed by atoms with van der Waals surface area (Å²) in [6.07, 6.45) is 3.54. The van der Waals surface area contributed by atoms with Crippen LogP contribution in [0.15, 0.2) is 59.3 Å². The summed E-state index contributed by atoms with van der Waals surface area (Å²) in [5.74, 6) is 0. The molecule has 0 bridgehead atoms. The highest BCUT2D eigenvalue weighted by atomic mass is 16.3. The zero-order valence-corrected chi connectivity index (χ0v) is 9.47. The van der Waals surface area contributed by atoms with Gasteiger partial charge in [0.15, 0.2) is 12.0 Å². The minimum absolute atomic E-state index is 0.871. The second-order valence-electron chi connectivity index (χ2n) is 4.10. The highest BCUT2D eigenvalue weighted by Crippen LogP contribution is 2.18. The van der Waals surface area contributed by atoms with Crippen LogP contribution in [0.5, 0.6) is 0 Å². The third-order valence-electron chi connectivity index (χ3n) is 2.97. The van der Waals surface area contributed by atoms with Crippen molar-refractivity contribution in [3.05, 3.63) is 66.1 Å². The molecule has 0 aliphatic heterocycles. The van der Waals surface area contributed by atoms with Crippen LogP contribution in [0, 0.1) is 0 Å². The van der Waals surface area contributed by atoms with Crippen molar-refractivity contribution in [1.82, 2.24) is 4.98 Å². The fourth-order valence-electron chi connectivity index (χ4n) is 2.07. The van der Waals surface area contributed by atoms with Gasteiger partial charge in [-0.05, 0) is 30.0 Å². The number of fused-ring (bicyclic) bond motifs is 1. The molecule has 1 heterocycles. The molecule has 0 aliphatic rings. The summed E-state index contributed by atoms with van der Waals surface area (Å²) in [6, 6.07) is 16.6. The van der Waals surface area contributed by atoms with E-state index in [-0.39, 0.29) is 0 Å². The summed E-state index contributed by atoms with van der Waals surface area (Å²) in [7, 11) is 0. The molecule has 3 aromatic rings. The van der Waals surface area contributed by atoms with Crippen molar-refractivity contribution in [1.29, 1.82) is 0 Å². The quantitative estimate of drug-likeness (QED) is 0.678. The summed E-state index contributed by atoms with van der Waals surface area (Å²) < 4.78 is 5.30. The number of aryl methyl sites for hydroxylation is 2. The molecule has 2 heteroatoms. The first-order valence-corrected chi connectivity index (χ1v) is 5.78. The molecule has 0 radical (unpaired) electrons. The Hall–Kier alpha value is -2.09. The van der Waals surface area contributed by atoms with Gasteiger partial charge < -0.3 is 4.42 Å². The normalized spacial score (nSPS) is 10.8. The van der Waals surface area contributed by atoms with Gasteiger partial charge in [-0.2, -0.15) is 0 Å². The van der Waals surface area contributed by atoms with Crippen molar-refractivity contribution in [2.24, 2.45) is 0 Å². The lowest BCUT2D eigenvalue weighted by atomic mass is 10.0. The first kappa shape index (κ1) is 10.1. The zero-order valence-electron chi connectivity index (χ0n) is 9.47. The Morgan fingerprint density at radius 3 is 2.65 bits per heavy atom. The molecule has 0 amide bonds. The van der Waals surface area contributed by atoms with E-state index in [1.165, 1.54) is 17.5 Å². The second kappa shape index (κ2) is 4.42. The van der Waals surface area contributed by atoms with Crippen molar-refractivity contribution in [3.8, 4) is 0 Å². The smallest absolute Gasteiger partial charge is 0.181 e. The molecule has 0 N–H and O–H groups in total. The van der Waals surface area contributed by atoms with Gasteiger partial charge in [-0.3, -0.25) is 0 Å². The Morgan fingerprint density at radius 1 is 0.882 bits per heavy atom. The summed E-state index contributed by atoms with van der Waals surface area (Å²) >= 11 is 0. The van der Waals surface area contributed by atoms with Crippen LogP contribution in [-0.2, 0) is 12.8 Å². The molecule has 0 atom stereocenters.